The lowest BCUT2D eigenvalue weighted by Crippen LogP contribution is -2.40. The maximum atomic E-state index is 12.8. The Morgan fingerprint density at radius 1 is 0.366 bits per heavy atom. The molecule has 0 saturated carbocycles. The molecule has 1 N–H and O–H groups in total. The minimum absolute atomic E-state index is 0.174. The summed E-state index contributed by atoms with van der Waals surface area (Å²) in [4.78, 5) is 37.1. The molecule has 9 heteroatoms. The zero-order chi connectivity index (χ0) is 52.0. The monoisotopic (exact) mass is 1010 g/mol. The summed E-state index contributed by atoms with van der Waals surface area (Å²) in [5.41, 5.74) is 0. The Kier molecular flexibility index (Phi) is 53.2. The number of nitrogens with zero attached hydrogens (tertiary/aromatic N) is 1. The summed E-state index contributed by atoms with van der Waals surface area (Å²) >= 11 is 0. The molecule has 2 unspecified atom stereocenters. The molecule has 422 valence electrons. The van der Waals surface area contributed by atoms with Gasteiger partial charge in [-0.15, -0.1) is 0 Å². The van der Waals surface area contributed by atoms with Crippen molar-refractivity contribution >= 4 is 17.9 Å². The predicted octanol–water partition coefficient (Wildman–Crippen LogP) is 18.4. The highest BCUT2D eigenvalue weighted by Gasteiger charge is 2.25. The molecule has 2 atom stereocenters. The van der Waals surface area contributed by atoms with Crippen LogP contribution in [-0.4, -0.2) is 87.4 Å². The first-order valence-electron chi connectivity index (χ1n) is 31.2. The fourth-order valence-corrected chi connectivity index (χ4v) is 9.55. The van der Waals surface area contributed by atoms with E-state index in [1.54, 1.807) is 0 Å². The summed E-state index contributed by atoms with van der Waals surface area (Å²) in [7, 11) is 5.97. The third-order valence-electron chi connectivity index (χ3n) is 14.4. The Morgan fingerprint density at radius 2 is 0.634 bits per heavy atom. The van der Waals surface area contributed by atoms with Crippen LogP contribution in [0.15, 0.2) is 0 Å². The van der Waals surface area contributed by atoms with E-state index in [9.17, 15) is 19.5 Å². The molecule has 9 nitrogen and oxygen atoms in total. The number of esters is 2. The van der Waals surface area contributed by atoms with Crippen LogP contribution in [0.4, 0.5) is 0 Å². The van der Waals surface area contributed by atoms with Gasteiger partial charge >= 0.3 is 17.9 Å². The van der Waals surface area contributed by atoms with Gasteiger partial charge in [0.25, 0.3) is 6.29 Å². The second-order valence-corrected chi connectivity index (χ2v) is 22.7. The molecule has 0 rings (SSSR count). The zero-order valence-corrected chi connectivity index (χ0v) is 48.2. The second kappa shape index (κ2) is 54.5. The molecule has 0 radical (unpaired) electrons. The smallest absolute Gasteiger partial charge is 0.361 e. The van der Waals surface area contributed by atoms with Gasteiger partial charge in [0, 0.05) is 12.8 Å². The SMILES string of the molecule is CCCCCCCCCCCCCCCCCCCCCCCCCCCCCCCCCCCCCCCCC(=O)OC(COC(=O)CCCCCCCCCC)COC(OCC[N+](C)(C)C)C(=O)O. The minimum Gasteiger partial charge on any atom is -0.477 e. The summed E-state index contributed by atoms with van der Waals surface area (Å²) in [6.07, 6.45) is 59.7. The highest BCUT2D eigenvalue weighted by atomic mass is 16.7. The molecule has 0 aliphatic rings. The van der Waals surface area contributed by atoms with Gasteiger partial charge in [-0.2, -0.15) is 0 Å². The Labute approximate surface area is 441 Å². The molecule has 0 aromatic carbocycles. The van der Waals surface area contributed by atoms with Crippen molar-refractivity contribution in [2.45, 2.75) is 334 Å². The summed E-state index contributed by atoms with van der Waals surface area (Å²) in [6.45, 7) is 4.89. The Balaban J connectivity index is 3.80. The Bertz CT molecular complexity index is 1130. The molecule has 0 saturated heterocycles. The molecule has 0 aliphatic heterocycles. The molecule has 71 heavy (non-hydrogen) atoms. The average Bonchev–Trinajstić information content (AvgIpc) is 3.34. The first-order valence-corrected chi connectivity index (χ1v) is 31.2. The van der Waals surface area contributed by atoms with Crippen LogP contribution in [0, 0.1) is 0 Å². The Hall–Kier alpha value is -1.71. The first kappa shape index (κ1) is 69.3. The van der Waals surface area contributed by atoms with Crippen LogP contribution in [0.1, 0.15) is 322 Å². The number of likely N-dealkylation sites (N-methyl/N-ethyl adjacent to an activating group) is 1. The zero-order valence-electron chi connectivity index (χ0n) is 48.2. The van der Waals surface area contributed by atoms with E-state index in [0.29, 0.717) is 17.4 Å². The number of hydrogen-bond acceptors (Lipinski definition) is 7. The van der Waals surface area contributed by atoms with Gasteiger partial charge in [-0.3, -0.25) is 9.59 Å². The summed E-state index contributed by atoms with van der Waals surface area (Å²) in [6, 6.07) is 0. The van der Waals surface area contributed by atoms with Crippen LogP contribution < -0.4 is 0 Å². The van der Waals surface area contributed by atoms with E-state index in [2.05, 4.69) is 13.8 Å². The number of rotatable bonds is 59. The van der Waals surface area contributed by atoms with Gasteiger partial charge in [0.2, 0.25) is 0 Å². The van der Waals surface area contributed by atoms with E-state index in [4.69, 9.17) is 18.9 Å². The molecule has 0 spiro atoms. The van der Waals surface area contributed by atoms with Crippen LogP contribution in [0.3, 0.4) is 0 Å². The van der Waals surface area contributed by atoms with Crippen molar-refractivity contribution in [3.8, 4) is 0 Å². The standard InChI is InChI=1S/C62H121NO8/c1-6-8-10-12-14-16-17-18-19-20-21-22-23-24-25-26-27-28-29-30-31-32-33-34-35-36-37-38-39-40-41-42-43-44-45-47-49-51-53-60(65)71-58(57-70-62(61(66)67)68-55-54-63(3,4)5)56-69-59(64)52-50-48-46-15-13-11-9-7-2/h58,62H,6-57H2,1-5H3/p+1. The lowest BCUT2D eigenvalue weighted by atomic mass is 10.0. The number of aliphatic carboxylic acids is 1. The number of ether oxygens (including phenoxy) is 4. The van der Waals surface area contributed by atoms with Gasteiger partial charge in [-0.1, -0.05) is 296 Å². The molecule has 0 fully saturated rings. The van der Waals surface area contributed by atoms with Gasteiger partial charge in [-0.25, -0.2) is 4.79 Å². The average molecular weight is 1010 g/mol. The molecule has 0 amide bonds. The van der Waals surface area contributed by atoms with Crippen LogP contribution in [-0.2, 0) is 33.3 Å². The number of quaternary nitrogens is 1. The number of carboxylic acids is 1. The highest BCUT2D eigenvalue weighted by Crippen LogP contribution is 2.19. The normalized spacial score (nSPS) is 12.6. The van der Waals surface area contributed by atoms with E-state index in [-0.39, 0.29) is 38.2 Å². The fourth-order valence-electron chi connectivity index (χ4n) is 9.55. The molecule has 0 aromatic heterocycles. The number of carbonyl (C=O) groups is 3. The molecule has 0 heterocycles. The second-order valence-electron chi connectivity index (χ2n) is 22.7. The van der Waals surface area contributed by atoms with Crippen LogP contribution in [0.5, 0.6) is 0 Å². The summed E-state index contributed by atoms with van der Waals surface area (Å²) < 4.78 is 22.8. The van der Waals surface area contributed by atoms with Crippen LogP contribution in [0.2, 0.25) is 0 Å². The van der Waals surface area contributed by atoms with Gasteiger partial charge in [-0.05, 0) is 12.8 Å². The molecule has 0 aromatic rings. The summed E-state index contributed by atoms with van der Waals surface area (Å²) in [5.74, 6) is -1.99. The molecule has 0 bridgehead atoms. The van der Waals surface area contributed by atoms with E-state index in [0.717, 1.165) is 38.5 Å². The van der Waals surface area contributed by atoms with Crippen molar-refractivity contribution in [2.24, 2.45) is 0 Å². The van der Waals surface area contributed by atoms with Crippen molar-refractivity contribution in [1.82, 2.24) is 0 Å². The number of carbonyl (C=O) groups excluding carboxylic acids is 2. The summed E-state index contributed by atoms with van der Waals surface area (Å²) in [5, 5.41) is 9.65. The lowest BCUT2D eigenvalue weighted by Gasteiger charge is -2.25. The topological polar surface area (TPSA) is 108 Å². The molecular formula is C62H122NO8+. The Morgan fingerprint density at radius 3 is 0.901 bits per heavy atom. The maximum Gasteiger partial charge on any atom is 0.361 e. The minimum atomic E-state index is -1.50. The van der Waals surface area contributed by atoms with Gasteiger partial charge in [0.05, 0.1) is 34.4 Å². The predicted molar refractivity (Wildman–Crippen MR) is 300 cm³/mol. The van der Waals surface area contributed by atoms with E-state index in [1.807, 2.05) is 21.1 Å². The van der Waals surface area contributed by atoms with Crippen LogP contribution >= 0.6 is 0 Å². The van der Waals surface area contributed by atoms with Gasteiger partial charge in [0.1, 0.15) is 13.2 Å². The molecule has 0 aliphatic carbocycles. The third kappa shape index (κ3) is 55.9. The third-order valence-corrected chi connectivity index (χ3v) is 14.4. The van der Waals surface area contributed by atoms with E-state index >= 15 is 0 Å². The van der Waals surface area contributed by atoms with Crippen molar-refractivity contribution < 1.29 is 42.9 Å². The number of carboxylic acid groups (broad SMARTS) is 1. The molecular weight excluding hydrogens is 887 g/mol. The fraction of sp³-hybridized carbons (Fsp3) is 0.952. The largest absolute Gasteiger partial charge is 0.477 e. The van der Waals surface area contributed by atoms with E-state index < -0.39 is 18.4 Å². The number of hydrogen-bond donors (Lipinski definition) is 1. The van der Waals surface area contributed by atoms with E-state index in [1.165, 1.54) is 257 Å². The number of unbranched alkanes of at least 4 members (excludes halogenated alkanes) is 44. The van der Waals surface area contributed by atoms with Crippen molar-refractivity contribution in [3.05, 3.63) is 0 Å². The highest BCUT2D eigenvalue weighted by molar-refractivity contribution is 5.71. The van der Waals surface area contributed by atoms with Gasteiger partial charge in [0.15, 0.2) is 6.10 Å². The van der Waals surface area contributed by atoms with Gasteiger partial charge < -0.3 is 28.5 Å². The van der Waals surface area contributed by atoms with Crippen molar-refractivity contribution in [3.63, 3.8) is 0 Å². The lowest BCUT2D eigenvalue weighted by molar-refractivity contribution is -0.870. The van der Waals surface area contributed by atoms with Crippen molar-refractivity contribution in [2.75, 3.05) is 47.5 Å². The van der Waals surface area contributed by atoms with Crippen molar-refractivity contribution in [1.29, 1.82) is 0 Å². The first-order chi connectivity index (χ1) is 34.6. The quantitative estimate of drug-likeness (QED) is 0.0278. The van der Waals surface area contributed by atoms with Crippen LogP contribution in [0.25, 0.3) is 0 Å². The maximum absolute atomic E-state index is 12.8.